The number of nitrogens with two attached hydrogens (primary N) is 1. The van der Waals surface area contributed by atoms with Crippen LogP contribution in [0.1, 0.15) is 41.5 Å². The second-order valence-electron chi connectivity index (χ2n) is 7.87. The molecule has 0 spiro atoms. The van der Waals surface area contributed by atoms with Crippen molar-refractivity contribution in [2.24, 2.45) is 17.3 Å². The van der Waals surface area contributed by atoms with E-state index in [4.69, 9.17) is 15.2 Å². The van der Waals surface area contributed by atoms with Crippen molar-refractivity contribution in [1.29, 1.82) is 0 Å². The molecule has 1 aromatic carbocycles. The summed E-state index contributed by atoms with van der Waals surface area (Å²) in [6, 6.07) is 7.75. The molecule has 24 heavy (non-hydrogen) atoms. The molecule has 1 aromatic rings. The number of carbonyl (C=O) groups is 1. The highest BCUT2D eigenvalue weighted by Crippen LogP contribution is 2.41. The molecule has 1 unspecified atom stereocenters. The maximum atomic E-state index is 12.7. The quantitative estimate of drug-likeness (QED) is 0.497. The molecule has 0 amide bonds. The first-order valence-electron chi connectivity index (χ1n) is 8.48. The van der Waals surface area contributed by atoms with Crippen molar-refractivity contribution < 1.29 is 14.3 Å². The first-order chi connectivity index (χ1) is 11.1. The van der Waals surface area contributed by atoms with Crippen molar-refractivity contribution in [3.05, 3.63) is 24.3 Å². The number of anilines is 1. The molecule has 2 rings (SSSR count). The highest BCUT2D eigenvalue weighted by Gasteiger charge is 2.46. The van der Waals surface area contributed by atoms with Gasteiger partial charge in [-0.15, -0.1) is 11.8 Å². The van der Waals surface area contributed by atoms with E-state index in [1.54, 1.807) is 11.8 Å². The molecule has 0 bridgehead atoms. The summed E-state index contributed by atoms with van der Waals surface area (Å²) < 4.78 is 11.7. The van der Waals surface area contributed by atoms with Crippen LogP contribution < -0.4 is 5.73 Å². The first kappa shape index (κ1) is 19.1. The van der Waals surface area contributed by atoms with Gasteiger partial charge in [0.1, 0.15) is 0 Å². The van der Waals surface area contributed by atoms with Crippen LogP contribution in [0.2, 0.25) is 0 Å². The Morgan fingerprint density at radius 2 is 1.83 bits per heavy atom. The summed E-state index contributed by atoms with van der Waals surface area (Å²) in [5.74, 6) is -0.202. The summed E-state index contributed by atoms with van der Waals surface area (Å²) in [4.78, 5) is 13.7. The number of carbonyl (C=O) groups excluding carboxylic acids is 1. The molecule has 0 radical (unpaired) electrons. The number of rotatable bonds is 4. The lowest BCUT2D eigenvalue weighted by molar-refractivity contribution is -0.254. The molecule has 1 saturated heterocycles. The van der Waals surface area contributed by atoms with E-state index in [0.717, 1.165) is 10.6 Å². The Morgan fingerprint density at radius 3 is 2.33 bits per heavy atom. The average Bonchev–Trinajstić information content (AvgIpc) is 2.46. The van der Waals surface area contributed by atoms with E-state index in [1.807, 2.05) is 52.0 Å². The van der Waals surface area contributed by atoms with Gasteiger partial charge in [-0.25, -0.2) is 0 Å². The number of cyclic esters (lactones) is 1. The minimum Gasteiger partial charge on any atom is -0.435 e. The molecule has 0 saturated carbocycles. The lowest BCUT2D eigenvalue weighted by Crippen LogP contribution is -2.51. The largest absolute Gasteiger partial charge is 0.435 e. The van der Waals surface area contributed by atoms with E-state index < -0.39 is 6.29 Å². The Bertz CT molecular complexity index is 582. The molecule has 134 valence electrons. The van der Waals surface area contributed by atoms with Gasteiger partial charge in [-0.2, -0.15) is 0 Å². The van der Waals surface area contributed by atoms with Crippen molar-refractivity contribution >= 4 is 23.4 Å². The highest BCUT2D eigenvalue weighted by molar-refractivity contribution is 8.00. The lowest BCUT2D eigenvalue weighted by Gasteiger charge is -2.42. The molecule has 1 fully saturated rings. The number of nitrogen functional groups attached to an aromatic ring is 1. The normalized spacial score (nSPS) is 26.3. The molecule has 5 heteroatoms. The topological polar surface area (TPSA) is 61.6 Å². The SMILES string of the molecule is CC(C)[C@@H](Sc1ccccc1N)C1C(=O)O[C@H](C(C)(C)C)O[C@@H]1C. The van der Waals surface area contributed by atoms with E-state index in [0.29, 0.717) is 0 Å². The van der Waals surface area contributed by atoms with E-state index in [9.17, 15) is 4.79 Å². The van der Waals surface area contributed by atoms with Crippen molar-refractivity contribution in [3.8, 4) is 0 Å². The fourth-order valence-electron chi connectivity index (χ4n) is 2.82. The third-order valence-corrected chi connectivity index (χ3v) is 5.97. The standard InChI is InChI=1S/C19H29NO3S/c1-11(2)16(24-14-10-8-7-9-13(14)20)15-12(3)22-18(19(4,5)6)23-17(15)21/h7-12,15-16,18H,20H2,1-6H3/t12-,15?,16-,18-/m1/s1. The zero-order valence-electron chi connectivity index (χ0n) is 15.4. The number of ether oxygens (including phenoxy) is 2. The van der Waals surface area contributed by atoms with Crippen LogP contribution in [-0.4, -0.2) is 23.6 Å². The number of hydrogen-bond donors (Lipinski definition) is 1. The Morgan fingerprint density at radius 1 is 1.21 bits per heavy atom. The zero-order valence-corrected chi connectivity index (χ0v) is 16.2. The number of thioether (sulfide) groups is 1. The minimum atomic E-state index is -0.504. The summed E-state index contributed by atoms with van der Waals surface area (Å²) in [5, 5.41) is 0.0399. The molecule has 4 nitrogen and oxygen atoms in total. The van der Waals surface area contributed by atoms with Crippen LogP contribution in [-0.2, 0) is 14.3 Å². The van der Waals surface area contributed by atoms with E-state index in [2.05, 4.69) is 13.8 Å². The minimum absolute atomic E-state index is 0.0399. The Labute approximate surface area is 149 Å². The number of para-hydroxylation sites is 1. The fourth-order valence-corrected chi connectivity index (χ4v) is 4.23. The van der Waals surface area contributed by atoms with Crippen LogP contribution in [0.4, 0.5) is 5.69 Å². The maximum absolute atomic E-state index is 12.7. The molecule has 2 N–H and O–H groups in total. The number of benzene rings is 1. The number of hydrogen-bond acceptors (Lipinski definition) is 5. The predicted octanol–water partition coefficient (Wildman–Crippen LogP) is 4.34. The zero-order chi connectivity index (χ0) is 18.1. The Balaban J connectivity index is 2.22. The predicted molar refractivity (Wildman–Crippen MR) is 98.7 cm³/mol. The van der Waals surface area contributed by atoms with Crippen molar-refractivity contribution in [2.75, 3.05) is 5.73 Å². The molecule has 1 heterocycles. The van der Waals surface area contributed by atoms with E-state index in [1.165, 1.54) is 0 Å². The fraction of sp³-hybridized carbons (Fsp3) is 0.632. The van der Waals surface area contributed by atoms with Crippen molar-refractivity contribution in [2.45, 2.75) is 64.1 Å². The maximum Gasteiger partial charge on any atom is 0.315 e. The summed E-state index contributed by atoms with van der Waals surface area (Å²) in [5.41, 5.74) is 6.58. The first-order valence-corrected chi connectivity index (χ1v) is 9.36. The summed E-state index contributed by atoms with van der Waals surface area (Å²) in [6.45, 7) is 12.2. The molecular formula is C19H29NO3S. The second-order valence-corrected chi connectivity index (χ2v) is 9.09. The number of esters is 1. The van der Waals surface area contributed by atoms with E-state index >= 15 is 0 Å². The van der Waals surface area contributed by atoms with Gasteiger partial charge in [0.05, 0.1) is 12.0 Å². The lowest BCUT2D eigenvalue weighted by atomic mass is 9.89. The Kier molecular flexibility index (Phi) is 5.87. The van der Waals surface area contributed by atoms with Gasteiger partial charge in [-0.1, -0.05) is 46.8 Å². The molecule has 0 aliphatic carbocycles. The smallest absolute Gasteiger partial charge is 0.315 e. The molecule has 1 aliphatic rings. The molecular weight excluding hydrogens is 322 g/mol. The third kappa shape index (κ3) is 4.25. The van der Waals surface area contributed by atoms with Crippen LogP contribution in [0.25, 0.3) is 0 Å². The third-order valence-electron chi connectivity index (χ3n) is 4.24. The summed E-state index contributed by atoms with van der Waals surface area (Å²) in [7, 11) is 0. The van der Waals surface area contributed by atoms with Gasteiger partial charge in [-0.3, -0.25) is 4.79 Å². The van der Waals surface area contributed by atoms with Crippen LogP contribution in [0.5, 0.6) is 0 Å². The van der Waals surface area contributed by atoms with Crippen LogP contribution in [0.15, 0.2) is 29.2 Å². The van der Waals surface area contributed by atoms with Crippen molar-refractivity contribution in [1.82, 2.24) is 0 Å². The molecule has 1 aliphatic heterocycles. The van der Waals surface area contributed by atoms with Gasteiger partial charge < -0.3 is 15.2 Å². The molecule has 4 atom stereocenters. The molecule has 0 aromatic heterocycles. The highest BCUT2D eigenvalue weighted by atomic mass is 32.2. The Hall–Kier alpha value is -1.20. The van der Waals surface area contributed by atoms with Gasteiger partial charge in [0.2, 0.25) is 6.29 Å². The van der Waals surface area contributed by atoms with Gasteiger partial charge >= 0.3 is 5.97 Å². The van der Waals surface area contributed by atoms with Crippen LogP contribution >= 0.6 is 11.8 Å². The second kappa shape index (κ2) is 7.36. The summed E-state index contributed by atoms with van der Waals surface area (Å²) >= 11 is 1.64. The van der Waals surface area contributed by atoms with Gasteiger partial charge in [0.15, 0.2) is 0 Å². The van der Waals surface area contributed by atoms with Gasteiger partial charge in [0, 0.05) is 21.2 Å². The van der Waals surface area contributed by atoms with Crippen LogP contribution in [0, 0.1) is 17.3 Å². The monoisotopic (exact) mass is 351 g/mol. The van der Waals surface area contributed by atoms with Gasteiger partial charge in [0.25, 0.3) is 0 Å². The van der Waals surface area contributed by atoms with Crippen molar-refractivity contribution in [3.63, 3.8) is 0 Å². The summed E-state index contributed by atoms with van der Waals surface area (Å²) in [6.07, 6.45) is -0.698. The van der Waals surface area contributed by atoms with Gasteiger partial charge in [-0.05, 0) is 25.0 Å². The van der Waals surface area contributed by atoms with Crippen LogP contribution in [0.3, 0.4) is 0 Å². The van der Waals surface area contributed by atoms with E-state index in [-0.39, 0.29) is 34.6 Å². The average molecular weight is 352 g/mol.